The van der Waals surface area contributed by atoms with Crippen molar-refractivity contribution in [3.8, 4) is 0 Å². The van der Waals surface area contributed by atoms with Gasteiger partial charge in [-0.25, -0.2) is 4.98 Å². The number of alkyl halides is 1. The number of rotatable bonds is 6. The largest absolute Gasteiger partial charge is 0.332 e. The van der Waals surface area contributed by atoms with Crippen molar-refractivity contribution in [2.45, 2.75) is 32.1 Å². The van der Waals surface area contributed by atoms with Crippen LogP contribution in [0, 0.1) is 12.8 Å². The van der Waals surface area contributed by atoms with Crippen molar-refractivity contribution >= 4 is 39.9 Å². The summed E-state index contributed by atoms with van der Waals surface area (Å²) in [4.78, 5) is 30.6. The van der Waals surface area contributed by atoms with Crippen LogP contribution in [0.3, 0.4) is 0 Å². The molecule has 0 radical (unpaired) electrons. The van der Waals surface area contributed by atoms with Gasteiger partial charge in [0.1, 0.15) is 5.38 Å². The first-order valence-electron chi connectivity index (χ1n) is 6.61. The van der Waals surface area contributed by atoms with Crippen LogP contribution in [0.2, 0.25) is 0 Å². The summed E-state index contributed by atoms with van der Waals surface area (Å²) in [6, 6.07) is 0. The van der Waals surface area contributed by atoms with Crippen molar-refractivity contribution in [1.29, 1.82) is 0 Å². The zero-order chi connectivity index (χ0) is 14.7. The maximum Gasteiger partial charge on any atom is 0.245 e. The number of carbonyl (C=O) groups excluding carboxylic acids is 2. The van der Waals surface area contributed by atoms with Crippen molar-refractivity contribution < 1.29 is 9.59 Å². The van der Waals surface area contributed by atoms with E-state index in [1.54, 1.807) is 18.0 Å². The minimum atomic E-state index is -0.608. The first kappa shape index (κ1) is 15.3. The van der Waals surface area contributed by atoms with Gasteiger partial charge in [-0.1, -0.05) is 0 Å². The molecule has 0 bridgehead atoms. The molecule has 1 aromatic heterocycles. The Balaban J connectivity index is 1.92. The normalized spacial score (nSPS) is 15.8. The number of nitrogens with one attached hydrogen (secondary N) is 1. The van der Waals surface area contributed by atoms with E-state index in [4.69, 9.17) is 11.6 Å². The van der Waals surface area contributed by atoms with E-state index in [2.05, 4.69) is 10.3 Å². The number of nitrogens with zero attached hydrogens (tertiary/aromatic N) is 2. The van der Waals surface area contributed by atoms with Crippen LogP contribution < -0.4 is 5.32 Å². The molecule has 1 aliphatic rings. The van der Waals surface area contributed by atoms with Gasteiger partial charge in [-0.05, 0) is 32.6 Å². The second-order valence-corrected chi connectivity index (χ2v) is 6.99. The quantitative estimate of drug-likeness (QED) is 0.819. The highest BCUT2D eigenvalue weighted by atomic mass is 35.5. The van der Waals surface area contributed by atoms with Gasteiger partial charge in [0.25, 0.3) is 0 Å². The van der Waals surface area contributed by atoms with Crippen LogP contribution in [0.5, 0.6) is 0 Å². The number of aryl methyl sites for hydroxylation is 1. The van der Waals surface area contributed by atoms with E-state index in [0.29, 0.717) is 17.6 Å². The lowest BCUT2D eigenvalue weighted by atomic mass is 10.3. The molecule has 1 atom stereocenters. The van der Waals surface area contributed by atoms with Gasteiger partial charge in [-0.2, -0.15) is 0 Å². The fraction of sp³-hybridized carbons (Fsp3) is 0.615. The monoisotopic (exact) mass is 315 g/mol. The van der Waals surface area contributed by atoms with Crippen LogP contribution in [0.1, 0.15) is 24.6 Å². The molecule has 1 aliphatic carbocycles. The van der Waals surface area contributed by atoms with E-state index >= 15 is 0 Å². The van der Waals surface area contributed by atoms with E-state index < -0.39 is 5.38 Å². The highest BCUT2D eigenvalue weighted by Crippen LogP contribution is 2.30. The topological polar surface area (TPSA) is 62.3 Å². The Hall–Kier alpha value is -1.14. The van der Waals surface area contributed by atoms with Gasteiger partial charge >= 0.3 is 0 Å². The molecule has 110 valence electrons. The maximum absolute atomic E-state index is 12.0. The van der Waals surface area contributed by atoms with Crippen LogP contribution in [0.4, 0.5) is 5.13 Å². The smallest absolute Gasteiger partial charge is 0.245 e. The maximum atomic E-state index is 12.0. The first-order valence-corrected chi connectivity index (χ1v) is 7.86. The molecule has 1 N–H and O–H groups in total. The second kappa shape index (κ2) is 6.54. The molecule has 0 spiro atoms. The lowest BCUT2D eigenvalue weighted by Crippen LogP contribution is -2.42. The highest BCUT2D eigenvalue weighted by molar-refractivity contribution is 7.15. The summed E-state index contributed by atoms with van der Waals surface area (Å²) in [5.41, 5.74) is 0. The molecule has 5 nitrogen and oxygen atoms in total. The minimum absolute atomic E-state index is 0.0328. The Morgan fingerprint density at radius 3 is 2.80 bits per heavy atom. The molecule has 1 saturated carbocycles. The van der Waals surface area contributed by atoms with Gasteiger partial charge in [-0.15, -0.1) is 22.9 Å². The zero-order valence-corrected chi connectivity index (χ0v) is 13.1. The van der Waals surface area contributed by atoms with Crippen LogP contribution >= 0.6 is 22.9 Å². The van der Waals surface area contributed by atoms with E-state index in [1.807, 2.05) is 6.92 Å². The zero-order valence-electron chi connectivity index (χ0n) is 11.6. The second-order valence-electron chi connectivity index (χ2n) is 5.10. The van der Waals surface area contributed by atoms with E-state index in [-0.39, 0.29) is 18.4 Å². The third kappa shape index (κ3) is 4.45. The summed E-state index contributed by atoms with van der Waals surface area (Å²) in [5, 5.41) is 2.66. The minimum Gasteiger partial charge on any atom is -0.332 e. The van der Waals surface area contributed by atoms with Crippen molar-refractivity contribution in [3.05, 3.63) is 11.1 Å². The fourth-order valence-corrected chi connectivity index (χ4v) is 2.66. The van der Waals surface area contributed by atoms with E-state index in [9.17, 15) is 9.59 Å². The summed E-state index contributed by atoms with van der Waals surface area (Å²) in [6.07, 6.45) is 3.94. The molecular formula is C13H18ClN3O2S. The summed E-state index contributed by atoms with van der Waals surface area (Å²) in [7, 11) is 0. The van der Waals surface area contributed by atoms with Gasteiger partial charge in [0.2, 0.25) is 11.8 Å². The number of hydrogen-bond acceptors (Lipinski definition) is 4. The third-order valence-electron chi connectivity index (χ3n) is 3.03. The molecular weight excluding hydrogens is 298 g/mol. The van der Waals surface area contributed by atoms with Crippen molar-refractivity contribution in [1.82, 2.24) is 9.88 Å². The number of aromatic nitrogens is 1. The molecule has 2 amide bonds. The van der Waals surface area contributed by atoms with Gasteiger partial charge in [0.05, 0.1) is 6.54 Å². The number of halogens is 1. The number of thiazole rings is 1. The Morgan fingerprint density at radius 2 is 2.30 bits per heavy atom. The van der Waals surface area contributed by atoms with Crippen molar-refractivity contribution in [3.63, 3.8) is 0 Å². The molecule has 7 heteroatoms. The van der Waals surface area contributed by atoms with Crippen molar-refractivity contribution in [2.24, 2.45) is 5.92 Å². The van der Waals surface area contributed by atoms with Crippen molar-refractivity contribution in [2.75, 3.05) is 18.4 Å². The average Bonchev–Trinajstić information content (AvgIpc) is 3.10. The van der Waals surface area contributed by atoms with Gasteiger partial charge in [0, 0.05) is 17.6 Å². The summed E-state index contributed by atoms with van der Waals surface area (Å²) < 4.78 is 0. The first-order chi connectivity index (χ1) is 9.45. The Morgan fingerprint density at radius 1 is 1.60 bits per heavy atom. The molecule has 0 aliphatic heterocycles. The summed E-state index contributed by atoms with van der Waals surface area (Å²) in [6.45, 7) is 4.20. The van der Waals surface area contributed by atoms with Crippen LogP contribution in [-0.2, 0) is 9.59 Å². The predicted octanol–water partition coefficient (Wildman–Crippen LogP) is 2.26. The fourth-order valence-electron chi connectivity index (χ4n) is 1.84. The molecule has 0 saturated heterocycles. The lowest BCUT2D eigenvalue weighted by Gasteiger charge is -2.23. The van der Waals surface area contributed by atoms with E-state index in [0.717, 1.165) is 17.7 Å². The van der Waals surface area contributed by atoms with Gasteiger partial charge in [0.15, 0.2) is 5.13 Å². The average molecular weight is 316 g/mol. The van der Waals surface area contributed by atoms with Crippen LogP contribution in [-0.4, -0.2) is 40.2 Å². The standard InChI is InChI=1S/C13H18ClN3O2S/c1-8-5-15-13(20-8)16-11(18)7-17(6-10-3-4-10)12(19)9(2)14/h5,9-10H,3-4,6-7H2,1-2H3,(H,15,16,18)/t9-/m1/s1. The number of anilines is 1. The van der Waals surface area contributed by atoms with E-state index in [1.165, 1.54) is 11.3 Å². The Bertz CT molecular complexity index is 500. The third-order valence-corrected chi connectivity index (χ3v) is 4.04. The molecule has 1 heterocycles. The number of hydrogen-bond donors (Lipinski definition) is 1. The van der Waals surface area contributed by atoms with Gasteiger partial charge in [-0.3, -0.25) is 9.59 Å². The lowest BCUT2D eigenvalue weighted by molar-refractivity contribution is -0.134. The highest BCUT2D eigenvalue weighted by Gasteiger charge is 2.29. The molecule has 2 rings (SSSR count). The summed E-state index contributed by atoms with van der Waals surface area (Å²) >= 11 is 7.25. The molecule has 20 heavy (non-hydrogen) atoms. The molecule has 0 aromatic carbocycles. The molecule has 1 fully saturated rings. The Kier molecular flexibility index (Phi) is 4.99. The molecule has 1 aromatic rings. The molecule has 0 unspecified atom stereocenters. The van der Waals surface area contributed by atoms with Crippen LogP contribution in [0.25, 0.3) is 0 Å². The SMILES string of the molecule is Cc1cnc(NC(=O)CN(CC2CC2)C(=O)[C@@H](C)Cl)s1. The predicted molar refractivity (Wildman–Crippen MR) is 80.1 cm³/mol. The Labute approximate surface area is 127 Å². The number of carbonyl (C=O) groups is 2. The van der Waals surface area contributed by atoms with Gasteiger partial charge < -0.3 is 10.2 Å². The number of amides is 2. The van der Waals surface area contributed by atoms with Crippen LogP contribution in [0.15, 0.2) is 6.20 Å². The summed E-state index contributed by atoms with van der Waals surface area (Å²) in [5.74, 6) is 0.0963.